The molecule has 0 saturated heterocycles. The molecular formula is C11H13BrN2O. The first-order valence-electron chi connectivity index (χ1n) is 4.62. The van der Waals surface area contributed by atoms with Gasteiger partial charge in [-0.25, -0.2) is 0 Å². The number of methoxy groups -OCH3 is 1. The topological polar surface area (TPSA) is 45.0 Å². The van der Waals surface area contributed by atoms with Crippen LogP contribution >= 0.6 is 15.9 Å². The highest BCUT2D eigenvalue weighted by Gasteiger charge is 2.06. The monoisotopic (exact) mass is 268 g/mol. The fourth-order valence-corrected chi connectivity index (χ4v) is 1.65. The first kappa shape index (κ1) is 12.0. The molecule has 4 heteroatoms. The van der Waals surface area contributed by atoms with Crippen molar-refractivity contribution >= 4 is 21.6 Å². The molecule has 3 nitrogen and oxygen atoms in total. The van der Waals surface area contributed by atoms with E-state index in [0.29, 0.717) is 12.2 Å². The van der Waals surface area contributed by atoms with Crippen LogP contribution in [0.15, 0.2) is 22.7 Å². The van der Waals surface area contributed by atoms with Crippen molar-refractivity contribution in [3.8, 4) is 6.07 Å². The molecule has 0 aliphatic rings. The maximum absolute atomic E-state index is 8.92. The third-order valence-corrected chi connectivity index (χ3v) is 2.41. The van der Waals surface area contributed by atoms with Gasteiger partial charge in [-0.2, -0.15) is 5.26 Å². The van der Waals surface area contributed by atoms with Crippen LogP contribution in [0.1, 0.15) is 12.5 Å². The number of nitriles is 1. The summed E-state index contributed by atoms with van der Waals surface area (Å²) >= 11 is 3.37. The van der Waals surface area contributed by atoms with E-state index >= 15 is 0 Å². The number of hydrogen-bond donors (Lipinski definition) is 1. The van der Waals surface area contributed by atoms with E-state index in [9.17, 15) is 0 Å². The predicted molar refractivity (Wildman–Crippen MR) is 63.8 cm³/mol. The van der Waals surface area contributed by atoms with Gasteiger partial charge in [0.15, 0.2) is 0 Å². The van der Waals surface area contributed by atoms with Crippen LogP contribution in [0, 0.1) is 11.3 Å². The summed E-state index contributed by atoms with van der Waals surface area (Å²) in [5.74, 6) is 0. The standard InChI is InChI=1S/C11H13BrN2O/c1-8(7-15-2)14-11-5-10(12)4-3-9(11)6-13/h3-5,8,14H,7H2,1-2H3. The lowest BCUT2D eigenvalue weighted by Crippen LogP contribution is -2.21. The molecule has 1 rings (SSSR count). The second kappa shape index (κ2) is 5.74. The average molecular weight is 269 g/mol. The lowest BCUT2D eigenvalue weighted by molar-refractivity contribution is 0.190. The van der Waals surface area contributed by atoms with Gasteiger partial charge in [0.25, 0.3) is 0 Å². The summed E-state index contributed by atoms with van der Waals surface area (Å²) in [4.78, 5) is 0. The van der Waals surface area contributed by atoms with Crippen molar-refractivity contribution in [2.24, 2.45) is 0 Å². The van der Waals surface area contributed by atoms with Crippen LogP contribution in [0.2, 0.25) is 0 Å². The first-order valence-corrected chi connectivity index (χ1v) is 5.41. The number of benzene rings is 1. The normalized spacial score (nSPS) is 11.9. The second-order valence-electron chi connectivity index (χ2n) is 3.30. The summed E-state index contributed by atoms with van der Waals surface area (Å²) in [5.41, 5.74) is 1.47. The lowest BCUT2D eigenvalue weighted by Gasteiger charge is -2.15. The Morgan fingerprint density at radius 3 is 2.93 bits per heavy atom. The Labute approximate surface area is 98.2 Å². The molecule has 0 spiro atoms. The fourth-order valence-electron chi connectivity index (χ4n) is 1.29. The van der Waals surface area contributed by atoms with Crippen molar-refractivity contribution in [1.82, 2.24) is 0 Å². The van der Waals surface area contributed by atoms with E-state index in [1.165, 1.54) is 0 Å². The fraction of sp³-hybridized carbons (Fsp3) is 0.364. The minimum Gasteiger partial charge on any atom is -0.383 e. The highest BCUT2D eigenvalue weighted by atomic mass is 79.9. The molecule has 0 radical (unpaired) electrons. The summed E-state index contributed by atoms with van der Waals surface area (Å²) in [6, 6.07) is 7.85. The molecular weight excluding hydrogens is 256 g/mol. The minimum absolute atomic E-state index is 0.177. The highest BCUT2D eigenvalue weighted by molar-refractivity contribution is 9.10. The zero-order valence-corrected chi connectivity index (χ0v) is 10.3. The van der Waals surface area contributed by atoms with E-state index in [2.05, 4.69) is 27.3 Å². The number of anilines is 1. The molecule has 0 heterocycles. The third kappa shape index (κ3) is 3.54. The molecule has 15 heavy (non-hydrogen) atoms. The number of ether oxygens (including phenoxy) is 1. The SMILES string of the molecule is COCC(C)Nc1cc(Br)ccc1C#N. The van der Waals surface area contributed by atoms with Gasteiger partial charge in [0.05, 0.1) is 17.9 Å². The zero-order chi connectivity index (χ0) is 11.3. The highest BCUT2D eigenvalue weighted by Crippen LogP contribution is 2.21. The smallest absolute Gasteiger partial charge is 0.101 e. The van der Waals surface area contributed by atoms with E-state index < -0.39 is 0 Å². The summed E-state index contributed by atoms with van der Waals surface area (Å²) in [6.45, 7) is 2.61. The van der Waals surface area contributed by atoms with Gasteiger partial charge < -0.3 is 10.1 Å². The molecule has 0 bridgehead atoms. The van der Waals surface area contributed by atoms with Crippen LogP contribution in [0.25, 0.3) is 0 Å². The van der Waals surface area contributed by atoms with Crippen LogP contribution in [-0.2, 0) is 4.74 Å². The molecule has 0 aliphatic carbocycles. The molecule has 80 valence electrons. The van der Waals surface area contributed by atoms with E-state index in [1.807, 2.05) is 19.1 Å². The van der Waals surface area contributed by atoms with Gasteiger partial charge in [0, 0.05) is 17.6 Å². The Hall–Kier alpha value is -1.05. The van der Waals surface area contributed by atoms with Crippen molar-refractivity contribution in [2.45, 2.75) is 13.0 Å². The molecule has 1 aromatic carbocycles. The molecule has 1 unspecified atom stereocenters. The predicted octanol–water partition coefficient (Wildman–Crippen LogP) is 2.77. The van der Waals surface area contributed by atoms with Crippen molar-refractivity contribution in [3.05, 3.63) is 28.2 Å². The quantitative estimate of drug-likeness (QED) is 0.914. The summed E-state index contributed by atoms with van der Waals surface area (Å²) in [5, 5.41) is 12.1. The van der Waals surface area contributed by atoms with Gasteiger partial charge in [-0.1, -0.05) is 15.9 Å². The Kier molecular flexibility index (Phi) is 4.60. The third-order valence-electron chi connectivity index (χ3n) is 1.92. The summed E-state index contributed by atoms with van der Waals surface area (Å²) in [6.07, 6.45) is 0. The zero-order valence-electron chi connectivity index (χ0n) is 8.75. The van der Waals surface area contributed by atoms with Crippen molar-refractivity contribution in [1.29, 1.82) is 5.26 Å². The van der Waals surface area contributed by atoms with Gasteiger partial charge in [0.2, 0.25) is 0 Å². The van der Waals surface area contributed by atoms with E-state index in [1.54, 1.807) is 13.2 Å². The number of nitrogens with zero attached hydrogens (tertiary/aromatic N) is 1. The summed E-state index contributed by atoms with van der Waals surface area (Å²) in [7, 11) is 1.66. The molecule has 0 aromatic heterocycles. The maximum Gasteiger partial charge on any atom is 0.101 e. The van der Waals surface area contributed by atoms with Gasteiger partial charge in [0.1, 0.15) is 6.07 Å². The molecule has 0 aliphatic heterocycles. The number of nitrogens with one attached hydrogen (secondary N) is 1. The van der Waals surface area contributed by atoms with E-state index in [4.69, 9.17) is 10.00 Å². The first-order chi connectivity index (χ1) is 7.17. The molecule has 1 N–H and O–H groups in total. The Morgan fingerprint density at radius 1 is 1.60 bits per heavy atom. The van der Waals surface area contributed by atoms with Crippen LogP contribution in [0.3, 0.4) is 0 Å². The van der Waals surface area contributed by atoms with E-state index in [-0.39, 0.29) is 6.04 Å². The Balaban J connectivity index is 2.83. The average Bonchev–Trinajstić information content (AvgIpc) is 2.18. The molecule has 0 fully saturated rings. The number of hydrogen-bond acceptors (Lipinski definition) is 3. The Bertz CT molecular complexity index is 373. The number of rotatable bonds is 4. The van der Waals surface area contributed by atoms with Crippen molar-refractivity contribution in [3.63, 3.8) is 0 Å². The van der Waals surface area contributed by atoms with Gasteiger partial charge in [-0.05, 0) is 25.1 Å². The van der Waals surface area contributed by atoms with Crippen LogP contribution in [-0.4, -0.2) is 19.8 Å². The van der Waals surface area contributed by atoms with Crippen LogP contribution < -0.4 is 5.32 Å². The lowest BCUT2D eigenvalue weighted by atomic mass is 10.2. The molecule has 0 saturated carbocycles. The largest absolute Gasteiger partial charge is 0.383 e. The number of halogens is 1. The second-order valence-corrected chi connectivity index (χ2v) is 4.22. The van der Waals surface area contributed by atoms with Crippen molar-refractivity contribution < 1.29 is 4.74 Å². The van der Waals surface area contributed by atoms with Gasteiger partial charge >= 0.3 is 0 Å². The Morgan fingerprint density at radius 2 is 2.33 bits per heavy atom. The summed E-state index contributed by atoms with van der Waals surface area (Å²) < 4.78 is 5.97. The van der Waals surface area contributed by atoms with Gasteiger partial charge in [-0.15, -0.1) is 0 Å². The maximum atomic E-state index is 8.92. The van der Waals surface area contributed by atoms with Crippen LogP contribution in [0.4, 0.5) is 5.69 Å². The van der Waals surface area contributed by atoms with Crippen molar-refractivity contribution in [2.75, 3.05) is 19.0 Å². The minimum atomic E-state index is 0.177. The van der Waals surface area contributed by atoms with E-state index in [0.717, 1.165) is 10.2 Å². The molecule has 0 amide bonds. The molecule has 1 atom stereocenters. The molecule has 1 aromatic rings. The van der Waals surface area contributed by atoms with Gasteiger partial charge in [-0.3, -0.25) is 0 Å². The van der Waals surface area contributed by atoms with Crippen LogP contribution in [0.5, 0.6) is 0 Å².